The predicted molar refractivity (Wildman–Crippen MR) is 143 cm³/mol. The van der Waals surface area contributed by atoms with Crippen LogP contribution in [0.4, 0.5) is 10.1 Å². The van der Waals surface area contributed by atoms with E-state index in [9.17, 15) is 14.0 Å². The van der Waals surface area contributed by atoms with Crippen LogP contribution >= 0.6 is 11.8 Å². The number of rotatable bonds is 5. The zero-order valence-corrected chi connectivity index (χ0v) is 21.3. The zero-order valence-electron chi connectivity index (χ0n) is 20.5. The maximum Gasteiger partial charge on any atom is 0.248 e. The standard InChI is InChI=1S/C29H28FN3O2S/c1-18(2)20-10-14-22(15-11-20)33-25(34)17-36-29-26(23-6-4-5-7-24(23)32(29)3)27(33)28(35)31-16-19-8-12-21(30)13-9-19/h4-15,18,27H,16-17H2,1-3H3,(H,31,35)/t27-/m1/s1. The zero-order chi connectivity index (χ0) is 25.4. The highest BCUT2D eigenvalue weighted by Crippen LogP contribution is 2.43. The molecule has 2 heterocycles. The Hall–Kier alpha value is -3.58. The van der Waals surface area contributed by atoms with Gasteiger partial charge >= 0.3 is 0 Å². The van der Waals surface area contributed by atoms with E-state index in [2.05, 4.69) is 23.7 Å². The van der Waals surface area contributed by atoms with E-state index < -0.39 is 6.04 Å². The number of nitrogens with one attached hydrogen (secondary N) is 1. The molecule has 5 rings (SSSR count). The second-order valence-electron chi connectivity index (χ2n) is 9.34. The lowest BCUT2D eigenvalue weighted by atomic mass is 10.00. The van der Waals surface area contributed by atoms with E-state index in [1.165, 1.54) is 29.5 Å². The number of carbonyl (C=O) groups excluding carboxylic acids is 2. The molecular weight excluding hydrogens is 473 g/mol. The van der Waals surface area contributed by atoms with E-state index >= 15 is 0 Å². The first kappa shape index (κ1) is 24.1. The molecule has 0 aliphatic carbocycles. The molecule has 3 aromatic carbocycles. The van der Waals surface area contributed by atoms with Crippen LogP contribution in [0.25, 0.3) is 10.9 Å². The van der Waals surface area contributed by atoms with Crippen LogP contribution in [0.2, 0.25) is 0 Å². The number of carbonyl (C=O) groups is 2. The number of amides is 2. The Kier molecular flexibility index (Phi) is 6.58. The van der Waals surface area contributed by atoms with Gasteiger partial charge in [0.15, 0.2) is 0 Å². The van der Waals surface area contributed by atoms with Gasteiger partial charge in [0.2, 0.25) is 11.8 Å². The smallest absolute Gasteiger partial charge is 0.248 e. The van der Waals surface area contributed by atoms with Crippen LogP contribution in [0, 0.1) is 5.82 Å². The van der Waals surface area contributed by atoms with Crippen LogP contribution in [0.1, 0.15) is 42.5 Å². The van der Waals surface area contributed by atoms with Crippen molar-refractivity contribution in [3.05, 3.63) is 95.3 Å². The molecular formula is C29H28FN3O2S. The Balaban J connectivity index is 1.61. The molecule has 2 amide bonds. The number of halogens is 1. The lowest BCUT2D eigenvalue weighted by Gasteiger charge is -2.30. The van der Waals surface area contributed by atoms with Gasteiger partial charge in [-0.05, 0) is 47.4 Å². The Morgan fingerprint density at radius 3 is 2.44 bits per heavy atom. The first-order valence-corrected chi connectivity index (χ1v) is 13.0. The molecule has 0 radical (unpaired) electrons. The topological polar surface area (TPSA) is 54.3 Å². The summed E-state index contributed by atoms with van der Waals surface area (Å²) in [6.45, 7) is 4.48. The maximum absolute atomic E-state index is 13.9. The highest BCUT2D eigenvalue weighted by Gasteiger charge is 2.39. The van der Waals surface area contributed by atoms with Gasteiger partial charge in [0.25, 0.3) is 0 Å². The van der Waals surface area contributed by atoms with Crippen molar-refractivity contribution in [1.29, 1.82) is 0 Å². The van der Waals surface area contributed by atoms with E-state index in [0.29, 0.717) is 11.6 Å². The van der Waals surface area contributed by atoms with Crippen molar-refractivity contribution in [1.82, 2.24) is 9.88 Å². The SMILES string of the molecule is CC(C)c1ccc(N2C(=O)CSc3c(c4ccccc4n3C)[C@@H]2C(=O)NCc2ccc(F)cc2)cc1. The first-order valence-electron chi connectivity index (χ1n) is 12.0. The summed E-state index contributed by atoms with van der Waals surface area (Å²) in [5, 5.41) is 4.86. The highest BCUT2D eigenvalue weighted by atomic mass is 32.2. The summed E-state index contributed by atoms with van der Waals surface area (Å²) in [4.78, 5) is 29.1. The molecule has 0 spiro atoms. The molecule has 1 aliphatic rings. The number of nitrogens with zero attached hydrogens (tertiary/aromatic N) is 2. The van der Waals surface area contributed by atoms with Crippen molar-refractivity contribution in [2.24, 2.45) is 7.05 Å². The van der Waals surface area contributed by atoms with E-state index in [0.717, 1.165) is 27.1 Å². The summed E-state index contributed by atoms with van der Waals surface area (Å²) in [7, 11) is 1.97. The highest BCUT2D eigenvalue weighted by molar-refractivity contribution is 8.00. The van der Waals surface area contributed by atoms with E-state index in [-0.39, 0.29) is 29.9 Å². The summed E-state index contributed by atoms with van der Waals surface area (Å²) in [6.07, 6.45) is 0. The first-order chi connectivity index (χ1) is 17.3. The molecule has 4 aromatic rings. The third-order valence-corrected chi connectivity index (χ3v) is 7.85. The molecule has 0 fully saturated rings. The average Bonchev–Trinajstić information content (AvgIpc) is 3.06. The molecule has 1 aromatic heterocycles. The molecule has 0 saturated carbocycles. The normalized spacial score (nSPS) is 15.8. The van der Waals surface area contributed by atoms with Gasteiger partial charge in [-0.2, -0.15) is 0 Å². The monoisotopic (exact) mass is 501 g/mol. The molecule has 184 valence electrons. The number of aromatic nitrogens is 1. The van der Waals surface area contributed by atoms with Crippen molar-refractivity contribution in [3.8, 4) is 0 Å². The fraction of sp³-hybridized carbons (Fsp3) is 0.241. The van der Waals surface area contributed by atoms with Crippen LogP contribution in [0.5, 0.6) is 0 Å². The largest absolute Gasteiger partial charge is 0.350 e. The summed E-state index contributed by atoms with van der Waals surface area (Å²) < 4.78 is 15.4. The second kappa shape index (κ2) is 9.82. The second-order valence-corrected chi connectivity index (χ2v) is 10.3. The van der Waals surface area contributed by atoms with Crippen LogP contribution in [0.15, 0.2) is 77.8 Å². The quantitative estimate of drug-likeness (QED) is 0.368. The van der Waals surface area contributed by atoms with Crippen molar-refractivity contribution in [3.63, 3.8) is 0 Å². The van der Waals surface area contributed by atoms with Crippen LogP contribution < -0.4 is 10.2 Å². The third-order valence-electron chi connectivity index (χ3n) is 6.69. The summed E-state index contributed by atoms with van der Waals surface area (Å²) in [6, 6.07) is 21.0. The van der Waals surface area contributed by atoms with Crippen molar-refractivity contribution in [2.75, 3.05) is 10.7 Å². The van der Waals surface area contributed by atoms with Gasteiger partial charge in [-0.1, -0.05) is 68.1 Å². The molecule has 0 unspecified atom stereocenters. The molecule has 0 bridgehead atoms. The van der Waals surface area contributed by atoms with Gasteiger partial charge in [0.05, 0.1) is 10.8 Å². The molecule has 0 saturated heterocycles. The molecule has 1 aliphatic heterocycles. The molecule has 1 atom stereocenters. The lowest BCUT2D eigenvalue weighted by molar-refractivity contribution is -0.125. The molecule has 1 N–H and O–H groups in total. The van der Waals surface area contributed by atoms with E-state index in [4.69, 9.17) is 0 Å². The fourth-order valence-electron chi connectivity index (χ4n) is 4.76. The number of para-hydroxylation sites is 1. The Labute approximate surface area is 214 Å². The van der Waals surface area contributed by atoms with Gasteiger partial charge in [-0.15, -0.1) is 0 Å². The predicted octanol–water partition coefficient (Wildman–Crippen LogP) is 5.94. The fourth-order valence-corrected chi connectivity index (χ4v) is 5.83. The van der Waals surface area contributed by atoms with Crippen molar-refractivity contribution in [2.45, 2.75) is 37.4 Å². The Morgan fingerprint density at radius 2 is 1.75 bits per heavy atom. The number of thioether (sulfide) groups is 1. The van der Waals surface area contributed by atoms with Crippen molar-refractivity contribution < 1.29 is 14.0 Å². The van der Waals surface area contributed by atoms with E-state index in [1.807, 2.05) is 55.6 Å². The van der Waals surface area contributed by atoms with Gasteiger partial charge < -0.3 is 9.88 Å². The van der Waals surface area contributed by atoms with Gasteiger partial charge in [0.1, 0.15) is 11.9 Å². The number of anilines is 1. The summed E-state index contributed by atoms with van der Waals surface area (Å²) in [5.41, 5.74) is 4.47. The van der Waals surface area contributed by atoms with Gasteiger partial charge in [-0.25, -0.2) is 4.39 Å². The lowest BCUT2D eigenvalue weighted by Crippen LogP contribution is -2.43. The van der Waals surface area contributed by atoms with Crippen molar-refractivity contribution >= 4 is 40.2 Å². The maximum atomic E-state index is 13.9. The number of benzene rings is 3. The van der Waals surface area contributed by atoms with E-state index in [1.54, 1.807) is 17.0 Å². The minimum absolute atomic E-state index is 0.125. The van der Waals surface area contributed by atoms with Crippen LogP contribution in [0.3, 0.4) is 0 Å². The number of hydrogen-bond acceptors (Lipinski definition) is 3. The Morgan fingerprint density at radius 1 is 1.06 bits per heavy atom. The average molecular weight is 502 g/mol. The minimum Gasteiger partial charge on any atom is -0.350 e. The molecule has 5 nitrogen and oxygen atoms in total. The molecule has 36 heavy (non-hydrogen) atoms. The summed E-state index contributed by atoms with van der Waals surface area (Å²) in [5.74, 6) is -0.146. The van der Waals surface area contributed by atoms with Gasteiger partial charge in [0, 0.05) is 35.7 Å². The van der Waals surface area contributed by atoms with Crippen LogP contribution in [-0.4, -0.2) is 22.1 Å². The summed E-state index contributed by atoms with van der Waals surface area (Å²) >= 11 is 1.46. The Bertz CT molecular complexity index is 1430. The number of hydrogen-bond donors (Lipinski definition) is 1. The number of fused-ring (bicyclic) bond motifs is 3. The third kappa shape index (κ3) is 4.39. The minimum atomic E-state index is -0.848. The van der Waals surface area contributed by atoms with Gasteiger partial charge in [-0.3, -0.25) is 14.5 Å². The molecule has 7 heteroatoms. The van der Waals surface area contributed by atoms with Crippen LogP contribution in [-0.2, 0) is 23.2 Å². The number of aryl methyl sites for hydroxylation is 1.